The highest BCUT2D eigenvalue weighted by Crippen LogP contribution is 2.61. The van der Waals surface area contributed by atoms with E-state index in [1.54, 1.807) is 18.5 Å². The van der Waals surface area contributed by atoms with Gasteiger partial charge >= 0.3 is 0 Å². The van der Waals surface area contributed by atoms with Crippen molar-refractivity contribution in [3.05, 3.63) is 52.7 Å². The fourth-order valence-corrected chi connectivity index (χ4v) is 7.71. The number of nitriles is 1. The third-order valence-corrected chi connectivity index (χ3v) is 8.90. The van der Waals surface area contributed by atoms with E-state index >= 15 is 0 Å². The standard InChI is InChI=1S/C27H32FN5O/c28-23-2-1-17(8-21(23)12-29)14-33-4-3-22-24(15-33)31-16-32-26(22)30-13-25(34)27-9-18-5-19(10-27)7-20(6-18)11-27/h1-2,8,16,18-20,25,34H,3-7,9-11,13-15H2,(H,30,31,32). The van der Waals surface area contributed by atoms with Crippen LogP contribution in [0.2, 0.25) is 0 Å². The molecule has 4 bridgehead atoms. The van der Waals surface area contributed by atoms with Gasteiger partial charge in [-0.25, -0.2) is 14.4 Å². The Kier molecular flexibility index (Phi) is 5.54. The molecular formula is C27H32FN5O. The molecule has 5 aliphatic rings. The quantitative estimate of drug-likeness (QED) is 0.676. The molecule has 4 fully saturated rings. The number of nitrogens with zero attached hydrogens (tertiary/aromatic N) is 4. The summed E-state index contributed by atoms with van der Waals surface area (Å²) in [5, 5.41) is 23.9. The van der Waals surface area contributed by atoms with Crippen molar-refractivity contribution < 1.29 is 9.50 Å². The lowest BCUT2D eigenvalue weighted by molar-refractivity contribution is -0.115. The van der Waals surface area contributed by atoms with Crippen molar-refractivity contribution in [1.82, 2.24) is 14.9 Å². The second kappa shape index (κ2) is 8.58. The number of hydrogen-bond donors (Lipinski definition) is 2. The summed E-state index contributed by atoms with van der Waals surface area (Å²) in [7, 11) is 0. The molecule has 178 valence electrons. The zero-order valence-corrected chi connectivity index (χ0v) is 19.5. The number of aliphatic hydroxyl groups excluding tert-OH is 1. The summed E-state index contributed by atoms with van der Waals surface area (Å²) in [6.45, 7) is 2.72. The van der Waals surface area contributed by atoms with E-state index in [0.29, 0.717) is 19.6 Å². The minimum atomic E-state index is -0.477. The van der Waals surface area contributed by atoms with Gasteiger partial charge in [0.15, 0.2) is 0 Å². The van der Waals surface area contributed by atoms with Gasteiger partial charge in [0, 0.05) is 31.7 Å². The summed E-state index contributed by atoms with van der Waals surface area (Å²) < 4.78 is 13.7. The molecule has 7 heteroatoms. The maximum atomic E-state index is 13.7. The minimum Gasteiger partial charge on any atom is -0.391 e. The summed E-state index contributed by atoms with van der Waals surface area (Å²) >= 11 is 0. The molecule has 1 unspecified atom stereocenters. The highest BCUT2D eigenvalue weighted by atomic mass is 19.1. The van der Waals surface area contributed by atoms with Crippen LogP contribution >= 0.6 is 0 Å². The van der Waals surface area contributed by atoms with Crippen molar-refractivity contribution in [1.29, 1.82) is 5.26 Å². The fourth-order valence-electron chi connectivity index (χ4n) is 7.71. The molecule has 0 amide bonds. The Morgan fingerprint density at radius 1 is 1.18 bits per heavy atom. The molecule has 0 radical (unpaired) electrons. The summed E-state index contributed by atoms with van der Waals surface area (Å²) in [4.78, 5) is 11.3. The molecule has 0 saturated heterocycles. The van der Waals surface area contributed by atoms with E-state index in [1.165, 1.54) is 44.6 Å². The number of rotatable bonds is 6. The van der Waals surface area contributed by atoms with Crippen LogP contribution in [0.4, 0.5) is 10.2 Å². The molecular weight excluding hydrogens is 429 g/mol. The number of aliphatic hydroxyl groups is 1. The van der Waals surface area contributed by atoms with Crippen LogP contribution in [0, 0.1) is 40.3 Å². The molecule has 1 atom stereocenters. The van der Waals surface area contributed by atoms with E-state index in [4.69, 9.17) is 5.26 Å². The molecule has 34 heavy (non-hydrogen) atoms. The van der Waals surface area contributed by atoms with E-state index < -0.39 is 5.82 Å². The van der Waals surface area contributed by atoms with Crippen LogP contribution in [-0.2, 0) is 19.5 Å². The van der Waals surface area contributed by atoms with Crippen LogP contribution in [0.25, 0.3) is 0 Å². The topological polar surface area (TPSA) is 85.1 Å². The Balaban J connectivity index is 1.11. The van der Waals surface area contributed by atoms with E-state index in [9.17, 15) is 9.50 Å². The minimum absolute atomic E-state index is 0.0845. The first-order chi connectivity index (χ1) is 16.5. The van der Waals surface area contributed by atoms with Crippen LogP contribution in [0.1, 0.15) is 60.9 Å². The number of nitrogens with one attached hydrogen (secondary N) is 1. The lowest BCUT2D eigenvalue weighted by atomic mass is 9.48. The van der Waals surface area contributed by atoms with E-state index in [2.05, 4.69) is 20.2 Å². The largest absolute Gasteiger partial charge is 0.391 e. The summed E-state index contributed by atoms with van der Waals surface area (Å²) in [5.41, 5.74) is 3.24. The Hall–Kier alpha value is -2.56. The maximum absolute atomic E-state index is 13.7. The predicted molar refractivity (Wildman–Crippen MR) is 126 cm³/mol. The first-order valence-corrected chi connectivity index (χ1v) is 12.7. The normalized spacial score (nSPS) is 30.6. The summed E-state index contributed by atoms with van der Waals surface area (Å²) in [6, 6.07) is 6.65. The Bertz CT molecular complexity index is 1090. The Morgan fingerprint density at radius 3 is 2.62 bits per heavy atom. The zero-order chi connectivity index (χ0) is 23.3. The van der Waals surface area contributed by atoms with Crippen LogP contribution in [0.3, 0.4) is 0 Å². The fraction of sp³-hybridized carbons (Fsp3) is 0.593. The van der Waals surface area contributed by atoms with Gasteiger partial charge in [0.2, 0.25) is 0 Å². The first-order valence-electron chi connectivity index (χ1n) is 12.7. The molecule has 2 heterocycles. The molecule has 1 aromatic carbocycles. The third kappa shape index (κ3) is 3.97. The van der Waals surface area contributed by atoms with Gasteiger partial charge in [0.25, 0.3) is 0 Å². The Labute approximate surface area is 200 Å². The van der Waals surface area contributed by atoms with Gasteiger partial charge in [-0.1, -0.05) is 6.07 Å². The predicted octanol–water partition coefficient (Wildman–Crippen LogP) is 4.03. The van der Waals surface area contributed by atoms with E-state index in [1.807, 2.05) is 6.07 Å². The lowest BCUT2D eigenvalue weighted by Crippen LogP contribution is -2.53. The van der Waals surface area contributed by atoms with Crippen molar-refractivity contribution in [2.45, 2.75) is 64.1 Å². The monoisotopic (exact) mass is 461 g/mol. The average molecular weight is 462 g/mol. The SMILES string of the molecule is N#Cc1cc(CN2CCc3c(ncnc3NCC(O)C34CC5CC(CC(C5)C3)C4)C2)ccc1F. The molecule has 2 N–H and O–H groups in total. The number of fused-ring (bicyclic) bond motifs is 1. The van der Waals surface area contributed by atoms with Gasteiger partial charge in [0.05, 0.1) is 17.4 Å². The van der Waals surface area contributed by atoms with E-state index in [0.717, 1.165) is 53.4 Å². The zero-order valence-electron chi connectivity index (χ0n) is 19.5. The molecule has 1 aliphatic heterocycles. The molecule has 7 rings (SSSR count). The van der Waals surface area contributed by atoms with Gasteiger partial charge in [-0.05, 0) is 85.8 Å². The van der Waals surface area contributed by atoms with Gasteiger partial charge < -0.3 is 10.4 Å². The van der Waals surface area contributed by atoms with Gasteiger partial charge in [0.1, 0.15) is 24.0 Å². The second-order valence-electron chi connectivity index (χ2n) is 11.2. The molecule has 4 saturated carbocycles. The Morgan fingerprint density at radius 2 is 1.91 bits per heavy atom. The molecule has 1 aromatic heterocycles. The smallest absolute Gasteiger partial charge is 0.140 e. The maximum Gasteiger partial charge on any atom is 0.140 e. The number of benzene rings is 1. The summed E-state index contributed by atoms with van der Waals surface area (Å²) in [5.74, 6) is 2.84. The lowest BCUT2D eigenvalue weighted by Gasteiger charge is -2.58. The first kappa shape index (κ1) is 21.9. The van der Waals surface area contributed by atoms with Crippen LogP contribution in [0.15, 0.2) is 24.5 Å². The van der Waals surface area contributed by atoms with Crippen LogP contribution in [0.5, 0.6) is 0 Å². The van der Waals surface area contributed by atoms with Gasteiger partial charge in [-0.2, -0.15) is 5.26 Å². The molecule has 2 aromatic rings. The highest BCUT2D eigenvalue weighted by molar-refractivity contribution is 5.47. The second-order valence-corrected chi connectivity index (χ2v) is 11.2. The van der Waals surface area contributed by atoms with Crippen molar-refractivity contribution in [3.8, 4) is 6.07 Å². The van der Waals surface area contributed by atoms with Crippen LogP contribution in [-0.4, -0.2) is 39.2 Å². The van der Waals surface area contributed by atoms with Crippen molar-refractivity contribution in [2.75, 3.05) is 18.4 Å². The van der Waals surface area contributed by atoms with Crippen molar-refractivity contribution in [3.63, 3.8) is 0 Å². The number of anilines is 1. The van der Waals surface area contributed by atoms with Crippen LogP contribution < -0.4 is 5.32 Å². The summed E-state index contributed by atoms with van der Waals surface area (Å²) in [6.07, 6.45) is 9.80. The molecule has 0 spiro atoms. The van der Waals surface area contributed by atoms with Gasteiger partial charge in [-0.15, -0.1) is 0 Å². The number of halogens is 1. The number of aromatic nitrogens is 2. The molecule has 4 aliphatic carbocycles. The third-order valence-electron chi connectivity index (χ3n) is 8.90. The average Bonchev–Trinajstić information content (AvgIpc) is 2.82. The number of hydrogen-bond acceptors (Lipinski definition) is 6. The molecule has 6 nitrogen and oxygen atoms in total. The van der Waals surface area contributed by atoms with Crippen molar-refractivity contribution >= 4 is 5.82 Å². The van der Waals surface area contributed by atoms with Gasteiger partial charge in [-0.3, -0.25) is 4.90 Å². The van der Waals surface area contributed by atoms with Crippen molar-refractivity contribution in [2.24, 2.45) is 23.2 Å². The van der Waals surface area contributed by atoms with E-state index in [-0.39, 0.29) is 17.1 Å². The highest BCUT2D eigenvalue weighted by Gasteiger charge is 2.53.